The van der Waals surface area contributed by atoms with Gasteiger partial charge < -0.3 is 16.0 Å². The number of rotatable bonds is 6. The first-order valence-electron chi connectivity index (χ1n) is 8.95. The molecule has 1 aliphatic heterocycles. The summed E-state index contributed by atoms with van der Waals surface area (Å²) in [6.45, 7) is 4.07. The topological polar surface area (TPSA) is 95.7 Å². The second kappa shape index (κ2) is 8.36. The maximum Gasteiger partial charge on any atom is 0.327 e. The van der Waals surface area contributed by atoms with Gasteiger partial charge in [0.25, 0.3) is 5.91 Å². The first-order chi connectivity index (χ1) is 11.3. The molecule has 0 atom stereocenters. The number of nitrogens with zero attached hydrogens (tertiary/aromatic N) is 2. The van der Waals surface area contributed by atoms with E-state index in [0.717, 1.165) is 37.0 Å². The lowest BCUT2D eigenvalue weighted by atomic mass is 9.81. The van der Waals surface area contributed by atoms with Crippen LogP contribution in [0.1, 0.15) is 58.8 Å². The van der Waals surface area contributed by atoms with Crippen molar-refractivity contribution >= 4 is 30.3 Å². The van der Waals surface area contributed by atoms with E-state index in [1.54, 1.807) is 7.05 Å². The van der Waals surface area contributed by atoms with E-state index in [1.807, 2.05) is 13.8 Å². The van der Waals surface area contributed by atoms with Crippen molar-refractivity contribution in [1.82, 2.24) is 15.1 Å². The molecule has 0 aromatic heterocycles. The van der Waals surface area contributed by atoms with Gasteiger partial charge in [0.1, 0.15) is 12.1 Å². The van der Waals surface area contributed by atoms with Crippen molar-refractivity contribution in [2.24, 2.45) is 5.73 Å². The number of hydrogen-bond acceptors (Lipinski definition) is 4. The summed E-state index contributed by atoms with van der Waals surface area (Å²) in [7, 11) is 1.67. The normalized spacial score (nSPS) is 20.0. The first kappa shape index (κ1) is 21.7. The lowest BCUT2D eigenvalue weighted by Crippen LogP contribution is -2.52. The number of nitrogens with two attached hydrogens (primary N) is 1. The average Bonchev–Trinajstić information content (AvgIpc) is 2.77. The van der Waals surface area contributed by atoms with Crippen LogP contribution in [0.3, 0.4) is 0 Å². The summed E-state index contributed by atoms with van der Waals surface area (Å²) in [6, 6.07) is -0.373. The molecule has 3 N–H and O–H groups in total. The largest absolute Gasteiger partial charge is 0.353 e. The molecule has 2 aliphatic rings. The Balaban J connectivity index is 0.00000312. The van der Waals surface area contributed by atoms with E-state index in [1.165, 1.54) is 4.90 Å². The van der Waals surface area contributed by atoms with Gasteiger partial charge in [-0.05, 0) is 25.7 Å². The van der Waals surface area contributed by atoms with E-state index >= 15 is 0 Å². The Morgan fingerprint density at radius 2 is 1.76 bits per heavy atom. The van der Waals surface area contributed by atoms with E-state index < -0.39 is 11.1 Å². The molecule has 0 aromatic rings. The third-order valence-corrected chi connectivity index (χ3v) is 5.83. The highest BCUT2D eigenvalue weighted by molar-refractivity contribution is 6.08. The van der Waals surface area contributed by atoms with E-state index in [4.69, 9.17) is 5.73 Å². The Labute approximate surface area is 156 Å². The fraction of sp³-hybridized carbons (Fsp3) is 0.824. The monoisotopic (exact) mass is 374 g/mol. The minimum Gasteiger partial charge on any atom is -0.353 e. The molecule has 2 fully saturated rings. The SMILES string of the molecule is CCC(N)(CC)CNC(=O)CN1C(=O)N(C)C2(CCCCC2)C1=O.Cl. The Kier molecular flexibility index (Phi) is 7.26. The van der Waals surface area contributed by atoms with Crippen molar-refractivity contribution in [3.8, 4) is 0 Å². The van der Waals surface area contributed by atoms with Crippen molar-refractivity contribution in [3.63, 3.8) is 0 Å². The third kappa shape index (κ3) is 4.08. The van der Waals surface area contributed by atoms with Gasteiger partial charge in [-0.15, -0.1) is 12.4 Å². The van der Waals surface area contributed by atoms with Crippen LogP contribution in [-0.4, -0.2) is 58.9 Å². The standard InChI is InChI=1S/C17H30N4O3.ClH/c1-4-16(18,5-2)12-19-13(22)11-21-14(23)17(20(3)15(21)24)9-7-6-8-10-17;/h4-12,18H2,1-3H3,(H,19,22);1H. The Morgan fingerprint density at radius 3 is 2.28 bits per heavy atom. The Bertz CT molecular complexity index is 516. The number of nitrogens with one attached hydrogen (secondary N) is 1. The van der Waals surface area contributed by atoms with E-state index in [-0.39, 0.29) is 36.8 Å². The summed E-state index contributed by atoms with van der Waals surface area (Å²) < 4.78 is 0. The first-order valence-corrected chi connectivity index (χ1v) is 8.95. The van der Waals surface area contributed by atoms with Gasteiger partial charge in [-0.25, -0.2) is 4.79 Å². The molecule has 1 saturated heterocycles. The van der Waals surface area contributed by atoms with Crippen LogP contribution in [0.2, 0.25) is 0 Å². The Morgan fingerprint density at radius 1 is 1.20 bits per heavy atom. The highest BCUT2D eigenvalue weighted by Gasteiger charge is 2.55. The number of urea groups is 1. The summed E-state index contributed by atoms with van der Waals surface area (Å²) in [6.07, 6.45) is 5.82. The van der Waals surface area contributed by atoms with Gasteiger partial charge in [0.2, 0.25) is 5.91 Å². The molecule has 0 bridgehead atoms. The highest BCUT2D eigenvalue weighted by atomic mass is 35.5. The lowest BCUT2D eigenvalue weighted by molar-refractivity contribution is -0.137. The minimum atomic E-state index is -0.736. The maximum atomic E-state index is 12.8. The molecule has 4 amide bonds. The summed E-state index contributed by atoms with van der Waals surface area (Å²) >= 11 is 0. The molecule has 25 heavy (non-hydrogen) atoms. The molecule has 0 unspecified atom stereocenters. The van der Waals surface area contributed by atoms with Crippen LogP contribution in [0, 0.1) is 0 Å². The zero-order chi connectivity index (χ0) is 18.0. The number of amides is 4. The molecule has 8 heteroatoms. The summed E-state index contributed by atoms with van der Waals surface area (Å²) in [5.74, 6) is -0.565. The highest BCUT2D eigenvalue weighted by Crippen LogP contribution is 2.39. The molecule has 0 radical (unpaired) electrons. The number of carbonyl (C=O) groups is 3. The molecule has 1 spiro atoms. The van der Waals surface area contributed by atoms with Crippen LogP contribution >= 0.6 is 12.4 Å². The van der Waals surface area contributed by atoms with E-state index in [0.29, 0.717) is 19.4 Å². The number of carbonyl (C=O) groups excluding carboxylic acids is 3. The smallest absolute Gasteiger partial charge is 0.327 e. The maximum absolute atomic E-state index is 12.8. The number of halogens is 1. The third-order valence-electron chi connectivity index (χ3n) is 5.83. The Hall–Kier alpha value is -1.34. The van der Waals surface area contributed by atoms with Gasteiger partial charge >= 0.3 is 6.03 Å². The predicted molar refractivity (Wildman–Crippen MR) is 98.4 cm³/mol. The lowest BCUT2D eigenvalue weighted by Gasteiger charge is -2.35. The average molecular weight is 375 g/mol. The van der Waals surface area contributed by atoms with Crippen LogP contribution in [-0.2, 0) is 9.59 Å². The summed E-state index contributed by atoms with van der Waals surface area (Å²) in [4.78, 5) is 40.1. The molecule has 0 aromatic carbocycles. The van der Waals surface area contributed by atoms with Crippen LogP contribution in [0.25, 0.3) is 0 Å². The molecule has 1 heterocycles. The number of likely N-dealkylation sites (N-methyl/N-ethyl adjacent to an activating group) is 1. The number of imide groups is 1. The fourth-order valence-corrected chi connectivity index (χ4v) is 3.65. The van der Waals surface area contributed by atoms with Crippen LogP contribution in [0.4, 0.5) is 4.79 Å². The number of hydrogen-bond donors (Lipinski definition) is 2. The van der Waals surface area contributed by atoms with E-state index in [2.05, 4.69) is 5.32 Å². The predicted octanol–water partition coefficient (Wildman–Crippen LogP) is 1.64. The van der Waals surface area contributed by atoms with Crippen molar-refractivity contribution in [2.45, 2.75) is 69.9 Å². The fourth-order valence-electron chi connectivity index (χ4n) is 3.65. The van der Waals surface area contributed by atoms with Gasteiger partial charge in [0.05, 0.1) is 0 Å². The van der Waals surface area contributed by atoms with Gasteiger partial charge in [0.15, 0.2) is 0 Å². The van der Waals surface area contributed by atoms with Gasteiger partial charge in [-0.2, -0.15) is 0 Å². The molecule has 144 valence electrons. The second-order valence-electron chi connectivity index (χ2n) is 7.17. The van der Waals surface area contributed by atoms with Crippen molar-refractivity contribution in [3.05, 3.63) is 0 Å². The van der Waals surface area contributed by atoms with Crippen molar-refractivity contribution < 1.29 is 14.4 Å². The minimum absolute atomic E-state index is 0. The molecule has 7 nitrogen and oxygen atoms in total. The van der Waals surface area contributed by atoms with Crippen LogP contribution < -0.4 is 11.1 Å². The second-order valence-corrected chi connectivity index (χ2v) is 7.17. The van der Waals surface area contributed by atoms with Crippen molar-refractivity contribution in [2.75, 3.05) is 20.1 Å². The van der Waals surface area contributed by atoms with Gasteiger partial charge in [0, 0.05) is 19.1 Å². The zero-order valence-electron chi connectivity index (χ0n) is 15.5. The molecular weight excluding hydrogens is 344 g/mol. The molecule has 1 saturated carbocycles. The van der Waals surface area contributed by atoms with Gasteiger partial charge in [-0.3, -0.25) is 14.5 Å². The van der Waals surface area contributed by atoms with Gasteiger partial charge in [-0.1, -0.05) is 33.1 Å². The van der Waals surface area contributed by atoms with Crippen LogP contribution in [0.5, 0.6) is 0 Å². The molecule has 2 rings (SSSR count). The van der Waals surface area contributed by atoms with Crippen LogP contribution in [0.15, 0.2) is 0 Å². The summed E-state index contributed by atoms with van der Waals surface area (Å²) in [5, 5.41) is 2.77. The molecular formula is C17H31ClN4O3. The summed E-state index contributed by atoms with van der Waals surface area (Å²) in [5.41, 5.74) is 4.99. The van der Waals surface area contributed by atoms with E-state index in [9.17, 15) is 14.4 Å². The zero-order valence-corrected chi connectivity index (χ0v) is 16.3. The van der Waals surface area contributed by atoms with Crippen molar-refractivity contribution in [1.29, 1.82) is 0 Å². The quantitative estimate of drug-likeness (QED) is 0.691. The molecule has 1 aliphatic carbocycles.